The van der Waals surface area contributed by atoms with Crippen LogP contribution in [-0.2, 0) is 4.79 Å². The van der Waals surface area contributed by atoms with Crippen molar-refractivity contribution in [1.29, 1.82) is 0 Å². The Bertz CT molecular complexity index is 1120. The Balaban J connectivity index is 2.19. The highest BCUT2D eigenvalue weighted by atomic mass is 32.1. The zero-order chi connectivity index (χ0) is 24.4. The van der Waals surface area contributed by atoms with Gasteiger partial charge in [-0.05, 0) is 49.0 Å². The smallest absolute Gasteiger partial charge is 0.315 e. The topological polar surface area (TPSA) is 132 Å². The second-order valence-electron chi connectivity index (χ2n) is 6.61. The van der Waals surface area contributed by atoms with Crippen LogP contribution < -0.4 is 21.4 Å². The molecular formula is C21H19F2N5O4S. The number of carbonyl (C=O) groups is 3. The number of nitrogens with zero attached hydrogens (tertiary/aromatic N) is 1. The molecule has 0 aliphatic carbocycles. The van der Waals surface area contributed by atoms with Crippen molar-refractivity contribution >= 4 is 29.2 Å². The van der Waals surface area contributed by atoms with Gasteiger partial charge in [0.1, 0.15) is 11.6 Å². The fourth-order valence-corrected chi connectivity index (χ4v) is 2.97. The van der Waals surface area contributed by atoms with Gasteiger partial charge in [-0.1, -0.05) is 5.92 Å². The lowest BCUT2D eigenvalue weighted by Gasteiger charge is -2.36. The predicted molar refractivity (Wildman–Crippen MR) is 115 cm³/mol. The van der Waals surface area contributed by atoms with E-state index in [1.165, 1.54) is 48.1 Å². The SMILES string of the molecule is CNC(=O)NC(C)(C(F)F)[C@H](NC(=O)c1ccc(C#CC#Cc2cncs2)cc1)C(=O)NO. The van der Waals surface area contributed by atoms with Gasteiger partial charge in [-0.25, -0.2) is 19.1 Å². The minimum atomic E-state index is -3.28. The molecule has 1 heterocycles. The van der Waals surface area contributed by atoms with Crippen LogP contribution in [0.25, 0.3) is 0 Å². The summed E-state index contributed by atoms with van der Waals surface area (Å²) in [6.45, 7) is 0.860. The van der Waals surface area contributed by atoms with Crippen molar-refractivity contribution in [3.8, 4) is 23.7 Å². The van der Waals surface area contributed by atoms with E-state index in [0.29, 0.717) is 5.56 Å². The van der Waals surface area contributed by atoms with Crippen molar-refractivity contribution in [2.75, 3.05) is 7.05 Å². The third-order valence-electron chi connectivity index (χ3n) is 4.35. The summed E-state index contributed by atoms with van der Waals surface area (Å²) in [5, 5.41) is 15.1. The molecule has 2 rings (SSSR count). The molecule has 0 aliphatic rings. The quantitative estimate of drug-likeness (QED) is 0.243. The van der Waals surface area contributed by atoms with Crippen molar-refractivity contribution in [2.24, 2.45) is 0 Å². The van der Waals surface area contributed by atoms with Crippen LogP contribution >= 0.6 is 11.3 Å². The number of hydroxylamine groups is 1. The molecule has 172 valence electrons. The number of amides is 4. The van der Waals surface area contributed by atoms with Crippen LogP contribution in [0, 0.1) is 23.7 Å². The molecule has 1 aromatic carbocycles. The van der Waals surface area contributed by atoms with Gasteiger partial charge in [0.25, 0.3) is 18.2 Å². The molecule has 0 saturated heterocycles. The first-order chi connectivity index (χ1) is 15.7. The molecule has 2 aromatic rings. The zero-order valence-corrected chi connectivity index (χ0v) is 18.2. The third kappa shape index (κ3) is 6.74. The fraction of sp³-hybridized carbons (Fsp3) is 0.238. The second-order valence-corrected chi connectivity index (χ2v) is 7.50. The Hall–Kier alpha value is -4.00. The van der Waals surface area contributed by atoms with Gasteiger partial charge in [-0.3, -0.25) is 19.8 Å². The minimum Gasteiger partial charge on any atom is -0.341 e. The monoisotopic (exact) mass is 475 g/mol. The molecule has 1 unspecified atom stereocenters. The van der Waals surface area contributed by atoms with E-state index < -0.39 is 35.9 Å². The Morgan fingerprint density at radius 1 is 1.15 bits per heavy atom. The van der Waals surface area contributed by atoms with Crippen molar-refractivity contribution in [1.82, 2.24) is 26.4 Å². The summed E-state index contributed by atoms with van der Waals surface area (Å²) < 4.78 is 27.6. The maximum absolute atomic E-state index is 13.8. The highest BCUT2D eigenvalue weighted by Crippen LogP contribution is 2.21. The average molecular weight is 475 g/mol. The number of alkyl halides is 2. The van der Waals surface area contributed by atoms with Gasteiger partial charge in [-0.15, -0.1) is 11.3 Å². The van der Waals surface area contributed by atoms with Crippen molar-refractivity contribution in [3.05, 3.63) is 52.0 Å². The summed E-state index contributed by atoms with van der Waals surface area (Å²) in [5.74, 6) is 8.69. The van der Waals surface area contributed by atoms with Crippen LogP contribution in [0.4, 0.5) is 13.6 Å². The molecule has 0 spiro atoms. The lowest BCUT2D eigenvalue weighted by Crippen LogP contribution is -2.69. The normalized spacial score (nSPS) is 12.7. The molecular weight excluding hydrogens is 456 g/mol. The maximum Gasteiger partial charge on any atom is 0.315 e. The molecule has 0 saturated carbocycles. The Kier molecular flexibility index (Phi) is 8.86. The number of rotatable bonds is 6. The van der Waals surface area contributed by atoms with Gasteiger partial charge in [0.15, 0.2) is 0 Å². The number of benzene rings is 1. The number of hydrogen-bond acceptors (Lipinski definition) is 6. The van der Waals surface area contributed by atoms with Crippen LogP contribution in [0.1, 0.15) is 27.7 Å². The Labute approximate surface area is 191 Å². The number of nitrogens with one attached hydrogen (secondary N) is 4. The van der Waals surface area contributed by atoms with Crippen molar-refractivity contribution in [2.45, 2.75) is 24.9 Å². The van der Waals surface area contributed by atoms with E-state index in [0.717, 1.165) is 11.8 Å². The van der Waals surface area contributed by atoms with Crippen molar-refractivity contribution in [3.63, 3.8) is 0 Å². The molecule has 0 fully saturated rings. The van der Waals surface area contributed by atoms with Crippen LogP contribution in [0.5, 0.6) is 0 Å². The number of aromatic nitrogens is 1. The molecule has 0 aliphatic heterocycles. The number of urea groups is 1. The maximum atomic E-state index is 13.8. The molecule has 1 aromatic heterocycles. The molecule has 0 bridgehead atoms. The van der Waals surface area contributed by atoms with E-state index in [1.807, 2.05) is 5.32 Å². The number of halogens is 2. The van der Waals surface area contributed by atoms with Gasteiger partial charge in [0.05, 0.1) is 16.6 Å². The summed E-state index contributed by atoms with van der Waals surface area (Å²) in [6, 6.07) is 2.74. The van der Waals surface area contributed by atoms with Gasteiger partial charge >= 0.3 is 6.03 Å². The second kappa shape index (κ2) is 11.6. The molecule has 0 radical (unpaired) electrons. The van der Waals surface area contributed by atoms with Crippen LogP contribution in [0.15, 0.2) is 36.0 Å². The Morgan fingerprint density at radius 3 is 2.36 bits per heavy atom. The number of thiazole rings is 1. The first-order valence-corrected chi connectivity index (χ1v) is 10.1. The Morgan fingerprint density at radius 2 is 1.82 bits per heavy atom. The summed E-state index contributed by atoms with van der Waals surface area (Å²) in [7, 11) is 1.19. The standard InChI is InChI=1S/C21H19F2N5O4S/c1-21(19(22)23,27-20(31)24-2)16(18(30)28-32)26-17(29)14-9-7-13(8-10-14)5-3-4-6-15-11-25-12-33-15/h7-12,16,19,32H,1-2H3,(H,26,29)(H,28,30)(H2,24,27,31)/t16-,21?/m1/s1. The molecule has 2 atom stereocenters. The third-order valence-corrected chi connectivity index (χ3v) is 5.03. The summed E-state index contributed by atoms with van der Waals surface area (Å²) in [6.07, 6.45) is -1.67. The highest BCUT2D eigenvalue weighted by Gasteiger charge is 2.48. The zero-order valence-electron chi connectivity index (χ0n) is 17.4. The molecule has 33 heavy (non-hydrogen) atoms. The molecule has 9 nitrogen and oxygen atoms in total. The molecule has 5 N–H and O–H groups in total. The van der Waals surface area contributed by atoms with Gasteiger partial charge < -0.3 is 16.0 Å². The van der Waals surface area contributed by atoms with E-state index >= 15 is 0 Å². The number of hydrogen-bond donors (Lipinski definition) is 5. The van der Waals surface area contributed by atoms with Crippen LogP contribution in [0.3, 0.4) is 0 Å². The highest BCUT2D eigenvalue weighted by molar-refractivity contribution is 7.10. The van der Waals surface area contributed by atoms with Crippen molar-refractivity contribution < 1.29 is 28.4 Å². The first-order valence-electron chi connectivity index (χ1n) is 9.24. The van der Waals surface area contributed by atoms with E-state index in [9.17, 15) is 23.2 Å². The van der Waals surface area contributed by atoms with Crippen LogP contribution in [0.2, 0.25) is 0 Å². The van der Waals surface area contributed by atoms with Gasteiger partial charge in [0, 0.05) is 18.2 Å². The minimum absolute atomic E-state index is 0.0311. The lowest BCUT2D eigenvalue weighted by atomic mass is 9.91. The van der Waals surface area contributed by atoms with E-state index in [1.54, 1.807) is 11.7 Å². The predicted octanol–water partition coefficient (Wildman–Crippen LogP) is 1.10. The van der Waals surface area contributed by atoms with E-state index in [-0.39, 0.29) is 5.56 Å². The first kappa shape index (κ1) is 25.3. The lowest BCUT2D eigenvalue weighted by molar-refractivity contribution is -0.135. The van der Waals surface area contributed by atoms with E-state index in [4.69, 9.17) is 5.21 Å². The fourth-order valence-electron chi connectivity index (χ4n) is 2.51. The number of carbonyl (C=O) groups excluding carboxylic acids is 3. The van der Waals surface area contributed by atoms with E-state index in [2.05, 4.69) is 39.3 Å². The summed E-state index contributed by atoms with van der Waals surface area (Å²) in [4.78, 5) is 40.9. The summed E-state index contributed by atoms with van der Waals surface area (Å²) >= 11 is 1.38. The van der Waals surface area contributed by atoms with Gasteiger partial charge in [-0.2, -0.15) is 0 Å². The largest absolute Gasteiger partial charge is 0.341 e. The average Bonchev–Trinajstić information content (AvgIpc) is 3.33. The van der Waals surface area contributed by atoms with Crippen LogP contribution in [-0.4, -0.2) is 53.1 Å². The van der Waals surface area contributed by atoms with Gasteiger partial charge in [0.2, 0.25) is 0 Å². The molecule has 4 amide bonds. The summed E-state index contributed by atoms with van der Waals surface area (Å²) in [5.41, 5.74) is 0.906. The molecule has 12 heteroatoms.